The van der Waals surface area contributed by atoms with Gasteiger partial charge < -0.3 is 20.5 Å². The molecule has 0 aliphatic carbocycles. The van der Waals surface area contributed by atoms with Crippen LogP contribution in [0.2, 0.25) is 0 Å². The molecular formula is C14H19FN2O3. The third-order valence-corrected chi connectivity index (χ3v) is 3.60. The quantitative estimate of drug-likeness (QED) is 0.792. The van der Waals surface area contributed by atoms with Crippen LogP contribution in [0.25, 0.3) is 0 Å². The van der Waals surface area contributed by atoms with Crippen molar-refractivity contribution in [2.45, 2.75) is 26.0 Å². The first-order valence-electron chi connectivity index (χ1n) is 6.53. The highest BCUT2D eigenvalue weighted by Crippen LogP contribution is 2.21. The second kappa shape index (κ2) is 5.76. The lowest BCUT2D eigenvalue weighted by molar-refractivity contribution is -0.0667. The fourth-order valence-electron chi connectivity index (χ4n) is 2.20. The summed E-state index contributed by atoms with van der Waals surface area (Å²) in [4.78, 5) is 14.0. The van der Waals surface area contributed by atoms with Crippen molar-refractivity contribution in [2.75, 3.05) is 25.5 Å². The van der Waals surface area contributed by atoms with Gasteiger partial charge >= 0.3 is 0 Å². The first-order chi connectivity index (χ1) is 9.43. The number of aliphatic hydroxyl groups is 1. The van der Waals surface area contributed by atoms with Gasteiger partial charge in [0.2, 0.25) is 0 Å². The van der Waals surface area contributed by atoms with Gasteiger partial charge in [-0.3, -0.25) is 4.79 Å². The first-order valence-corrected chi connectivity index (χ1v) is 6.53. The van der Waals surface area contributed by atoms with Crippen LogP contribution in [-0.2, 0) is 4.74 Å². The van der Waals surface area contributed by atoms with Gasteiger partial charge in [0.1, 0.15) is 5.82 Å². The number of nitrogens with zero attached hydrogens (tertiary/aromatic N) is 1. The third kappa shape index (κ3) is 2.76. The van der Waals surface area contributed by atoms with Gasteiger partial charge in [0.15, 0.2) is 0 Å². The Morgan fingerprint density at radius 1 is 1.60 bits per heavy atom. The normalized spacial score (nSPS) is 22.9. The lowest BCUT2D eigenvalue weighted by atomic mass is 10.1. The number of hydrogen-bond acceptors (Lipinski definition) is 4. The maximum Gasteiger partial charge on any atom is 0.254 e. The Bertz CT molecular complexity index is 498. The summed E-state index contributed by atoms with van der Waals surface area (Å²) in [5.41, 5.74) is 6.52. The van der Waals surface area contributed by atoms with E-state index < -0.39 is 11.9 Å². The number of benzene rings is 1. The van der Waals surface area contributed by atoms with Crippen molar-refractivity contribution in [3.63, 3.8) is 0 Å². The number of nitrogen functional groups attached to an aromatic ring is 1. The Labute approximate surface area is 117 Å². The van der Waals surface area contributed by atoms with E-state index in [1.165, 1.54) is 12.1 Å². The number of hydrogen-bond donors (Lipinski definition) is 2. The summed E-state index contributed by atoms with van der Waals surface area (Å²) in [6.07, 6.45) is -0.400. The number of halogens is 1. The summed E-state index contributed by atoms with van der Waals surface area (Å²) in [5.74, 6) is -0.794. The molecule has 1 amide bonds. The standard InChI is InChI=1S/C14H19FN2O3/c1-8-7-20-11(6-18)5-17(8)14(19)10-3-12(15)9(2)13(16)4-10/h3-4,8,11,18H,5-7,16H2,1-2H3. The summed E-state index contributed by atoms with van der Waals surface area (Å²) >= 11 is 0. The van der Waals surface area contributed by atoms with Gasteiger partial charge in [0.05, 0.1) is 25.4 Å². The predicted octanol–water partition coefficient (Wildman–Crippen LogP) is 0.938. The van der Waals surface area contributed by atoms with E-state index in [-0.39, 0.29) is 36.4 Å². The highest BCUT2D eigenvalue weighted by atomic mass is 19.1. The van der Waals surface area contributed by atoms with E-state index in [0.29, 0.717) is 12.2 Å². The number of anilines is 1. The van der Waals surface area contributed by atoms with Crippen LogP contribution in [-0.4, -0.2) is 47.8 Å². The van der Waals surface area contributed by atoms with Gasteiger partial charge in [-0.1, -0.05) is 0 Å². The number of morpholine rings is 1. The summed E-state index contributed by atoms with van der Waals surface area (Å²) < 4.78 is 19.1. The van der Waals surface area contributed by atoms with Crippen molar-refractivity contribution in [1.82, 2.24) is 4.90 Å². The van der Waals surface area contributed by atoms with Crippen LogP contribution < -0.4 is 5.73 Å². The SMILES string of the molecule is Cc1c(N)cc(C(=O)N2CC(CO)OCC2C)cc1F. The molecule has 2 unspecified atom stereocenters. The van der Waals surface area contributed by atoms with Crippen molar-refractivity contribution in [3.05, 3.63) is 29.1 Å². The van der Waals surface area contributed by atoms with Crippen molar-refractivity contribution < 1.29 is 19.0 Å². The molecule has 1 fully saturated rings. The topological polar surface area (TPSA) is 75.8 Å². The molecule has 3 N–H and O–H groups in total. The minimum atomic E-state index is -0.493. The highest BCUT2D eigenvalue weighted by Gasteiger charge is 2.30. The molecule has 1 aromatic rings. The van der Waals surface area contributed by atoms with E-state index >= 15 is 0 Å². The molecule has 1 aliphatic heterocycles. The van der Waals surface area contributed by atoms with Gasteiger partial charge in [-0.15, -0.1) is 0 Å². The Morgan fingerprint density at radius 2 is 2.30 bits per heavy atom. The average molecular weight is 282 g/mol. The molecule has 2 atom stereocenters. The molecule has 0 saturated carbocycles. The molecule has 1 aromatic carbocycles. The fraction of sp³-hybridized carbons (Fsp3) is 0.500. The smallest absolute Gasteiger partial charge is 0.254 e. The monoisotopic (exact) mass is 282 g/mol. The van der Waals surface area contributed by atoms with Gasteiger partial charge in [-0.25, -0.2) is 4.39 Å². The van der Waals surface area contributed by atoms with E-state index in [1.807, 2.05) is 6.92 Å². The van der Waals surface area contributed by atoms with Crippen molar-refractivity contribution in [2.24, 2.45) is 0 Å². The highest BCUT2D eigenvalue weighted by molar-refractivity contribution is 5.95. The van der Waals surface area contributed by atoms with Crippen LogP contribution in [0.5, 0.6) is 0 Å². The van der Waals surface area contributed by atoms with E-state index in [1.54, 1.807) is 11.8 Å². The molecule has 2 rings (SSSR count). The number of carbonyl (C=O) groups excluding carboxylic acids is 1. The van der Waals surface area contributed by atoms with Crippen molar-refractivity contribution >= 4 is 11.6 Å². The number of rotatable bonds is 2. The van der Waals surface area contributed by atoms with Gasteiger partial charge in [0, 0.05) is 23.4 Å². The van der Waals surface area contributed by atoms with Crippen LogP contribution in [0.3, 0.4) is 0 Å². The molecule has 1 aliphatic rings. The molecule has 20 heavy (non-hydrogen) atoms. The minimum Gasteiger partial charge on any atom is -0.398 e. The summed E-state index contributed by atoms with van der Waals surface area (Å²) in [7, 11) is 0. The molecule has 1 heterocycles. The Kier molecular flexibility index (Phi) is 4.25. The molecule has 0 radical (unpaired) electrons. The van der Waals surface area contributed by atoms with Gasteiger partial charge in [-0.2, -0.15) is 0 Å². The minimum absolute atomic E-state index is 0.129. The van der Waals surface area contributed by atoms with Gasteiger partial charge in [-0.05, 0) is 26.0 Å². The molecule has 110 valence electrons. The second-order valence-electron chi connectivity index (χ2n) is 5.12. The molecule has 1 saturated heterocycles. The molecular weight excluding hydrogens is 263 g/mol. The second-order valence-corrected chi connectivity index (χ2v) is 5.12. The fourth-order valence-corrected chi connectivity index (χ4v) is 2.20. The number of ether oxygens (including phenoxy) is 1. The Hall–Kier alpha value is -1.66. The van der Waals surface area contributed by atoms with Crippen LogP contribution in [0.1, 0.15) is 22.8 Å². The van der Waals surface area contributed by atoms with E-state index in [2.05, 4.69) is 0 Å². The lowest BCUT2D eigenvalue weighted by Crippen LogP contribution is -2.52. The largest absolute Gasteiger partial charge is 0.398 e. The zero-order chi connectivity index (χ0) is 14.9. The summed E-state index contributed by atoms with van der Waals surface area (Å²) in [5, 5.41) is 9.13. The number of amides is 1. The lowest BCUT2D eigenvalue weighted by Gasteiger charge is -2.37. The average Bonchev–Trinajstić information content (AvgIpc) is 2.44. The van der Waals surface area contributed by atoms with Crippen LogP contribution >= 0.6 is 0 Å². The molecule has 0 spiro atoms. The number of aliphatic hydroxyl groups excluding tert-OH is 1. The third-order valence-electron chi connectivity index (χ3n) is 3.60. The summed E-state index contributed by atoms with van der Waals surface area (Å²) in [6.45, 7) is 3.89. The molecule has 5 nitrogen and oxygen atoms in total. The van der Waals surface area contributed by atoms with Crippen LogP contribution in [0.4, 0.5) is 10.1 Å². The zero-order valence-corrected chi connectivity index (χ0v) is 11.6. The van der Waals surface area contributed by atoms with Crippen molar-refractivity contribution in [1.29, 1.82) is 0 Å². The Morgan fingerprint density at radius 3 is 2.90 bits per heavy atom. The number of carbonyl (C=O) groups is 1. The molecule has 0 bridgehead atoms. The zero-order valence-electron chi connectivity index (χ0n) is 11.6. The van der Waals surface area contributed by atoms with E-state index in [0.717, 1.165) is 0 Å². The maximum absolute atomic E-state index is 13.7. The maximum atomic E-state index is 13.7. The van der Waals surface area contributed by atoms with Crippen LogP contribution in [0.15, 0.2) is 12.1 Å². The van der Waals surface area contributed by atoms with Crippen LogP contribution in [0, 0.1) is 12.7 Å². The van der Waals surface area contributed by atoms with Gasteiger partial charge in [0.25, 0.3) is 5.91 Å². The van der Waals surface area contributed by atoms with E-state index in [4.69, 9.17) is 15.6 Å². The van der Waals surface area contributed by atoms with Crippen molar-refractivity contribution in [3.8, 4) is 0 Å². The summed E-state index contributed by atoms with van der Waals surface area (Å²) in [6, 6.07) is 2.55. The molecule has 0 aromatic heterocycles. The molecule has 6 heteroatoms. The van der Waals surface area contributed by atoms with E-state index in [9.17, 15) is 9.18 Å². The first kappa shape index (κ1) is 14.7. The number of nitrogens with two attached hydrogens (primary N) is 1. The predicted molar refractivity (Wildman–Crippen MR) is 72.9 cm³/mol. The Balaban J connectivity index is 2.26.